The number of hydrogen-bond acceptors (Lipinski definition) is 2. The van der Waals surface area contributed by atoms with Gasteiger partial charge in [-0.15, -0.1) is 12.4 Å². The monoisotopic (exact) mass is 346 g/mol. The lowest BCUT2D eigenvalue weighted by Gasteiger charge is -2.18. The Labute approximate surface area is 151 Å². The smallest absolute Gasteiger partial charge is 0.220 e. The van der Waals surface area contributed by atoms with Gasteiger partial charge in [0.15, 0.2) is 0 Å². The Bertz CT molecular complexity index is 548. The van der Waals surface area contributed by atoms with Gasteiger partial charge in [-0.1, -0.05) is 60.7 Å². The number of nitrogens with one attached hydrogen (secondary N) is 1. The molecule has 1 unspecified atom stereocenters. The molecule has 0 saturated carbocycles. The Morgan fingerprint density at radius 2 is 1.46 bits per heavy atom. The van der Waals surface area contributed by atoms with Crippen LogP contribution in [0.5, 0.6) is 0 Å². The first-order chi connectivity index (χ1) is 11.2. The van der Waals surface area contributed by atoms with Crippen molar-refractivity contribution in [3.05, 3.63) is 71.8 Å². The van der Waals surface area contributed by atoms with Crippen LogP contribution in [0.15, 0.2) is 60.7 Å². The van der Waals surface area contributed by atoms with Gasteiger partial charge in [0, 0.05) is 24.9 Å². The van der Waals surface area contributed by atoms with Crippen LogP contribution in [-0.4, -0.2) is 18.5 Å². The van der Waals surface area contributed by atoms with E-state index in [1.165, 1.54) is 11.1 Å². The second kappa shape index (κ2) is 10.8. The number of benzene rings is 2. The first-order valence-corrected chi connectivity index (χ1v) is 8.29. The van der Waals surface area contributed by atoms with Gasteiger partial charge in [-0.05, 0) is 30.9 Å². The first-order valence-electron chi connectivity index (χ1n) is 8.29. The molecule has 2 rings (SSSR count). The first kappa shape index (κ1) is 20.2. The minimum Gasteiger partial charge on any atom is -0.356 e. The second-order valence-corrected chi connectivity index (χ2v) is 6.03. The average Bonchev–Trinajstić information content (AvgIpc) is 2.58. The summed E-state index contributed by atoms with van der Waals surface area (Å²) < 4.78 is 0. The lowest BCUT2D eigenvalue weighted by Crippen LogP contribution is -2.27. The van der Waals surface area contributed by atoms with E-state index in [2.05, 4.69) is 53.8 Å². The van der Waals surface area contributed by atoms with Crippen LogP contribution in [0.1, 0.15) is 43.2 Å². The molecule has 0 saturated heterocycles. The summed E-state index contributed by atoms with van der Waals surface area (Å²) in [6, 6.07) is 21.0. The number of halogens is 1. The quantitative estimate of drug-likeness (QED) is 0.762. The van der Waals surface area contributed by atoms with Gasteiger partial charge in [0.2, 0.25) is 5.91 Å². The van der Waals surface area contributed by atoms with Gasteiger partial charge < -0.3 is 11.1 Å². The predicted molar refractivity (Wildman–Crippen MR) is 102 cm³/mol. The van der Waals surface area contributed by atoms with E-state index >= 15 is 0 Å². The summed E-state index contributed by atoms with van der Waals surface area (Å²) in [5.74, 6) is 0.383. The highest BCUT2D eigenvalue weighted by Crippen LogP contribution is 2.27. The third-order valence-corrected chi connectivity index (χ3v) is 3.99. The summed E-state index contributed by atoms with van der Waals surface area (Å²) >= 11 is 0. The standard InChI is InChI=1S/C20H26N2O.ClH/c1-16(21)12-13-20(23)22-15-14-19(17-8-4-2-5-9-17)18-10-6-3-7-11-18;/h2-11,16,19H,12-15,21H2,1H3,(H,22,23);1H. The Morgan fingerprint density at radius 1 is 0.958 bits per heavy atom. The minimum atomic E-state index is 0. The molecule has 4 heteroatoms. The van der Waals surface area contributed by atoms with Crippen LogP contribution in [0.2, 0.25) is 0 Å². The molecule has 0 aliphatic carbocycles. The second-order valence-electron chi connectivity index (χ2n) is 6.03. The van der Waals surface area contributed by atoms with Crippen LogP contribution in [0.4, 0.5) is 0 Å². The van der Waals surface area contributed by atoms with E-state index in [-0.39, 0.29) is 24.4 Å². The zero-order valence-corrected chi connectivity index (χ0v) is 15.0. The number of nitrogens with two attached hydrogens (primary N) is 1. The Hall–Kier alpha value is -1.84. The molecule has 2 aromatic carbocycles. The van der Waals surface area contributed by atoms with E-state index in [0.29, 0.717) is 18.9 Å². The molecule has 3 nitrogen and oxygen atoms in total. The van der Waals surface area contributed by atoms with Crippen molar-refractivity contribution in [2.24, 2.45) is 5.73 Å². The van der Waals surface area contributed by atoms with E-state index in [9.17, 15) is 4.79 Å². The van der Waals surface area contributed by atoms with Crippen molar-refractivity contribution in [1.29, 1.82) is 0 Å². The largest absolute Gasteiger partial charge is 0.356 e. The van der Waals surface area contributed by atoms with Crippen molar-refractivity contribution < 1.29 is 4.79 Å². The highest BCUT2D eigenvalue weighted by Gasteiger charge is 2.14. The van der Waals surface area contributed by atoms with E-state index in [0.717, 1.165) is 12.8 Å². The molecule has 0 aliphatic heterocycles. The Kier molecular flexibility index (Phi) is 9.13. The van der Waals surface area contributed by atoms with Gasteiger partial charge in [0.1, 0.15) is 0 Å². The molecule has 0 heterocycles. The SMILES string of the molecule is CC(N)CCC(=O)NCCC(c1ccccc1)c1ccccc1.Cl. The maximum atomic E-state index is 11.8. The van der Waals surface area contributed by atoms with Gasteiger partial charge in [0.25, 0.3) is 0 Å². The van der Waals surface area contributed by atoms with Crippen molar-refractivity contribution in [2.75, 3.05) is 6.54 Å². The molecule has 0 bridgehead atoms. The van der Waals surface area contributed by atoms with E-state index < -0.39 is 0 Å². The number of hydrogen-bond donors (Lipinski definition) is 2. The summed E-state index contributed by atoms with van der Waals surface area (Å²) in [5, 5.41) is 3.01. The summed E-state index contributed by atoms with van der Waals surface area (Å²) in [7, 11) is 0. The van der Waals surface area contributed by atoms with Crippen LogP contribution < -0.4 is 11.1 Å². The molecule has 2 aromatic rings. The fourth-order valence-electron chi connectivity index (χ4n) is 2.70. The highest BCUT2D eigenvalue weighted by molar-refractivity contribution is 5.85. The van der Waals surface area contributed by atoms with Gasteiger partial charge in [-0.25, -0.2) is 0 Å². The number of carbonyl (C=O) groups is 1. The van der Waals surface area contributed by atoms with E-state index in [1.54, 1.807) is 0 Å². The van der Waals surface area contributed by atoms with Gasteiger partial charge >= 0.3 is 0 Å². The molecule has 1 atom stereocenters. The van der Waals surface area contributed by atoms with Gasteiger partial charge in [0.05, 0.1) is 0 Å². The Balaban J connectivity index is 0.00000288. The van der Waals surface area contributed by atoms with Crippen molar-refractivity contribution in [3.63, 3.8) is 0 Å². The highest BCUT2D eigenvalue weighted by atomic mass is 35.5. The van der Waals surface area contributed by atoms with E-state index in [4.69, 9.17) is 5.73 Å². The fourth-order valence-corrected chi connectivity index (χ4v) is 2.70. The van der Waals surface area contributed by atoms with Crippen LogP contribution in [0.3, 0.4) is 0 Å². The molecular formula is C20H27ClN2O. The maximum absolute atomic E-state index is 11.8. The minimum absolute atomic E-state index is 0. The number of rotatable bonds is 8. The molecule has 0 aromatic heterocycles. The molecule has 0 radical (unpaired) electrons. The molecule has 3 N–H and O–H groups in total. The summed E-state index contributed by atoms with van der Waals surface area (Å²) in [4.78, 5) is 11.8. The maximum Gasteiger partial charge on any atom is 0.220 e. The third kappa shape index (κ3) is 6.73. The molecule has 1 amide bonds. The van der Waals surface area contributed by atoms with Crippen LogP contribution in [0.25, 0.3) is 0 Å². The Morgan fingerprint density at radius 3 is 1.92 bits per heavy atom. The van der Waals surface area contributed by atoms with Crippen molar-refractivity contribution >= 4 is 18.3 Å². The fraction of sp³-hybridized carbons (Fsp3) is 0.350. The number of carbonyl (C=O) groups excluding carboxylic acids is 1. The normalized spacial score (nSPS) is 11.6. The molecule has 130 valence electrons. The van der Waals surface area contributed by atoms with Crippen LogP contribution >= 0.6 is 12.4 Å². The average molecular weight is 347 g/mol. The van der Waals surface area contributed by atoms with Crippen LogP contribution in [0, 0.1) is 0 Å². The molecular weight excluding hydrogens is 320 g/mol. The molecule has 0 aliphatic rings. The summed E-state index contributed by atoms with van der Waals surface area (Å²) in [6.45, 7) is 2.60. The molecule has 0 spiro atoms. The number of amides is 1. The van der Waals surface area contributed by atoms with Gasteiger partial charge in [-0.3, -0.25) is 4.79 Å². The van der Waals surface area contributed by atoms with Crippen molar-refractivity contribution in [1.82, 2.24) is 5.32 Å². The van der Waals surface area contributed by atoms with Crippen molar-refractivity contribution in [3.8, 4) is 0 Å². The van der Waals surface area contributed by atoms with Crippen LogP contribution in [-0.2, 0) is 4.79 Å². The predicted octanol–water partition coefficient (Wildman–Crippen LogP) is 3.87. The summed E-state index contributed by atoms with van der Waals surface area (Å²) in [5.41, 5.74) is 8.25. The molecule has 24 heavy (non-hydrogen) atoms. The topological polar surface area (TPSA) is 55.1 Å². The van der Waals surface area contributed by atoms with E-state index in [1.807, 2.05) is 19.1 Å². The lowest BCUT2D eigenvalue weighted by molar-refractivity contribution is -0.121. The summed E-state index contributed by atoms with van der Waals surface area (Å²) in [6.07, 6.45) is 2.11. The lowest BCUT2D eigenvalue weighted by atomic mass is 9.88. The van der Waals surface area contributed by atoms with Gasteiger partial charge in [-0.2, -0.15) is 0 Å². The molecule has 0 fully saturated rings. The third-order valence-electron chi connectivity index (χ3n) is 3.99. The zero-order valence-electron chi connectivity index (χ0n) is 14.2. The zero-order chi connectivity index (χ0) is 16.5. The van der Waals surface area contributed by atoms with Crippen molar-refractivity contribution in [2.45, 2.75) is 38.1 Å².